The average Bonchev–Trinajstić information content (AvgIpc) is 3.06. The quantitative estimate of drug-likeness (QED) is 0.298. The molecule has 0 aliphatic carbocycles. The lowest BCUT2D eigenvalue weighted by atomic mass is 9.98. The van der Waals surface area contributed by atoms with E-state index in [0.717, 1.165) is 25.9 Å². The molecular formula is C23H27N3O6. The summed E-state index contributed by atoms with van der Waals surface area (Å²) >= 11 is 0. The highest BCUT2D eigenvalue weighted by Crippen LogP contribution is 2.32. The summed E-state index contributed by atoms with van der Waals surface area (Å²) in [5.74, 6) is -0.897. The van der Waals surface area contributed by atoms with Crippen LogP contribution < -0.4 is 4.90 Å². The Morgan fingerprint density at radius 3 is 2.44 bits per heavy atom. The number of H-pyrrole nitrogens is 1. The molecule has 0 unspecified atom stereocenters. The van der Waals surface area contributed by atoms with Crippen LogP contribution in [0.5, 0.6) is 0 Å². The van der Waals surface area contributed by atoms with E-state index in [0.29, 0.717) is 28.4 Å². The third-order valence-corrected chi connectivity index (χ3v) is 5.93. The Labute approximate surface area is 185 Å². The van der Waals surface area contributed by atoms with Gasteiger partial charge in [0.05, 0.1) is 16.2 Å². The SMILES string of the molecule is CC(=O)c1c(C)[nH]c(C(=O)COC(=O)c2ccc(N3CCC(C)CC3)c([N+](=O)[O-])c2)c1C. The number of benzene rings is 1. The zero-order chi connectivity index (χ0) is 23.6. The van der Waals surface area contributed by atoms with Gasteiger partial charge in [0.1, 0.15) is 5.69 Å². The van der Waals surface area contributed by atoms with E-state index in [-0.39, 0.29) is 22.7 Å². The van der Waals surface area contributed by atoms with Gasteiger partial charge in [-0.25, -0.2) is 4.79 Å². The van der Waals surface area contributed by atoms with Crippen LogP contribution in [0.4, 0.5) is 11.4 Å². The Balaban J connectivity index is 1.73. The number of anilines is 1. The molecular weight excluding hydrogens is 414 g/mol. The number of nitro benzene ring substituents is 1. The van der Waals surface area contributed by atoms with Crippen LogP contribution in [0.25, 0.3) is 0 Å². The number of nitro groups is 1. The molecule has 0 atom stereocenters. The van der Waals surface area contributed by atoms with Crippen LogP contribution in [0.15, 0.2) is 18.2 Å². The third-order valence-electron chi connectivity index (χ3n) is 5.93. The van der Waals surface area contributed by atoms with Crippen LogP contribution in [0.3, 0.4) is 0 Å². The summed E-state index contributed by atoms with van der Waals surface area (Å²) in [4.78, 5) is 52.7. The van der Waals surface area contributed by atoms with E-state index in [4.69, 9.17) is 4.74 Å². The number of Topliss-reactive ketones (excluding diaryl/α,β-unsaturated/α-hetero) is 2. The summed E-state index contributed by atoms with van der Waals surface area (Å²) in [6, 6.07) is 4.23. The average molecular weight is 441 g/mol. The van der Waals surface area contributed by atoms with Crippen LogP contribution >= 0.6 is 0 Å². The predicted octanol–water partition coefficient (Wildman–Crippen LogP) is 4.02. The maximum absolute atomic E-state index is 12.5. The number of esters is 1. The van der Waals surface area contributed by atoms with Gasteiger partial charge >= 0.3 is 5.97 Å². The number of nitrogens with zero attached hydrogens (tertiary/aromatic N) is 2. The number of ketones is 2. The minimum atomic E-state index is -0.826. The molecule has 0 saturated carbocycles. The van der Waals surface area contributed by atoms with E-state index in [1.165, 1.54) is 19.1 Å². The van der Waals surface area contributed by atoms with Crippen molar-refractivity contribution in [3.63, 3.8) is 0 Å². The summed E-state index contributed by atoms with van der Waals surface area (Å²) in [7, 11) is 0. The number of aryl methyl sites for hydroxylation is 1. The van der Waals surface area contributed by atoms with E-state index in [9.17, 15) is 24.5 Å². The maximum atomic E-state index is 12.5. The third kappa shape index (κ3) is 4.71. The van der Waals surface area contributed by atoms with Crippen LogP contribution in [0, 0.1) is 29.9 Å². The van der Waals surface area contributed by atoms with Crippen molar-refractivity contribution in [2.45, 2.75) is 40.5 Å². The molecule has 1 aliphatic heterocycles. The monoisotopic (exact) mass is 441 g/mol. The second-order valence-corrected chi connectivity index (χ2v) is 8.31. The van der Waals surface area contributed by atoms with E-state index in [1.54, 1.807) is 19.9 Å². The first-order valence-electron chi connectivity index (χ1n) is 10.5. The molecule has 1 saturated heterocycles. The summed E-state index contributed by atoms with van der Waals surface area (Å²) in [5, 5.41) is 11.6. The molecule has 0 amide bonds. The first-order valence-corrected chi connectivity index (χ1v) is 10.5. The van der Waals surface area contributed by atoms with Gasteiger partial charge in [-0.05, 0) is 57.2 Å². The van der Waals surface area contributed by atoms with Gasteiger partial charge in [0.15, 0.2) is 12.4 Å². The maximum Gasteiger partial charge on any atom is 0.338 e. The molecule has 3 rings (SSSR count). The summed E-state index contributed by atoms with van der Waals surface area (Å²) in [6.45, 7) is 7.81. The smallest absolute Gasteiger partial charge is 0.338 e. The molecule has 0 spiro atoms. The number of rotatable bonds is 7. The summed E-state index contributed by atoms with van der Waals surface area (Å²) in [5.41, 5.74) is 2.04. The van der Waals surface area contributed by atoms with Crippen molar-refractivity contribution in [2.24, 2.45) is 5.92 Å². The van der Waals surface area contributed by atoms with Gasteiger partial charge < -0.3 is 14.6 Å². The second kappa shape index (κ2) is 9.33. The second-order valence-electron chi connectivity index (χ2n) is 8.31. The zero-order valence-corrected chi connectivity index (χ0v) is 18.7. The number of hydrogen-bond acceptors (Lipinski definition) is 7. The van der Waals surface area contributed by atoms with Crippen LogP contribution in [0.1, 0.15) is 69.2 Å². The van der Waals surface area contributed by atoms with Crippen molar-refractivity contribution in [3.05, 3.63) is 56.4 Å². The van der Waals surface area contributed by atoms with E-state index >= 15 is 0 Å². The summed E-state index contributed by atoms with van der Waals surface area (Å²) < 4.78 is 5.11. The molecule has 1 fully saturated rings. The fourth-order valence-corrected chi connectivity index (χ4v) is 4.16. The van der Waals surface area contributed by atoms with E-state index < -0.39 is 23.3 Å². The lowest BCUT2D eigenvalue weighted by Gasteiger charge is -2.31. The molecule has 9 nitrogen and oxygen atoms in total. The van der Waals surface area contributed by atoms with Gasteiger partial charge in [-0.2, -0.15) is 0 Å². The molecule has 1 aromatic heterocycles. The number of nitrogens with one attached hydrogen (secondary N) is 1. The number of piperidine rings is 1. The first-order chi connectivity index (χ1) is 15.1. The van der Waals surface area contributed by atoms with Gasteiger partial charge in [0.25, 0.3) is 5.69 Å². The zero-order valence-electron chi connectivity index (χ0n) is 18.7. The number of carbonyl (C=O) groups is 3. The topological polar surface area (TPSA) is 123 Å². The molecule has 1 aromatic carbocycles. The number of aromatic nitrogens is 1. The van der Waals surface area contributed by atoms with Crippen molar-refractivity contribution in [3.8, 4) is 0 Å². The van der Waals surface area contributed by atoms with Gasteiger partial charge in [0, 0.05) is 30.4 Å². The number of hydrogen-bond donors (Lipinski definition) is 1. The number of aromatic amines is 1. The Morgan fingerprint density at radius 1 is 1.22 bits per heavy atom. The lowest BCUT2D eigenvalue weighted by Crippen LogP contribution is -2.33. The molecule has 32 heavy (non-hydrogen) atoms. The standard InChI is InChI=1S/C23H27N3O6/c1-13-7-9-25(10-8-13)18-6-5-17(11-19(18)26(30)31)23(29)32-12-20(28)22-14(2)21(16(4)27)15(3)24-22/h5-6,11,13,24H,7-10,12H2,1-4H3. The lowest BCUT2D eigenvalue weighted by molar-refractivity contribution is -0.384. The molecule has 2 aromatic rings. The van der Waals surface area contributed by atoms with Gasteiger partial charge in [0.2, 0.25) is 5.78 Å². The van der Waals surface area contributed by atoms with Crippen molar-refractivity contribution in [1.29, 1.82) is 0 Å². The summed E-state index contributed by atoms with van der Waals surface area (Å²) in [6.07, 6.45) is 1.90. The van der Waals surface area contributed by atoms with E-state index in [2.05, 4.69) is 11.9 Å². The number of carbonyl (C=O) groups excluding carboxylic acids is 3. The largest absolute Gasteiger partial charge is 0.454 e. The van der Waals surface area contributed by atoms with Gasteiger partial charge in [-0.3, -0.25) is 19.7 Å². The molecule has 0 radical (unpaired) electrons. The Bertz CT molecular complexity index is 1080. The molecule has 1 aliphatic rings. The van der Waals surface area contributed by atoms with Crippen molar-refractivity contribution >= 4 is 28.9 Å². The minimum absolute atomic E-state index is 0.00226. The Kier molecular flexibility index (Phi) is 6.76. The van der Waals surface area contributed by atoms with Crippen molar-refractivity contribution in [2.75, 3.05) is 24.6 Å². The number of ether oxygens (including phenoxy) is 1. The predicted molar refractivity (Wildman–Crippen MR) is 119 cm³/mol. The van der Waals surface area contributed by atoms with Crippen molar-refractivity contribution in [1.82, 2.24) is 4.98 Å². The highest BCUT2D eigenvalue weighted by Gasteiger charge is 2.26. The highest BCUT2D eigenvalue weighted by atomic mass is 16.6. The molecule has 9 heteroatoms. The Morgan fingerprint density at radius 2 is 1.88 bits per heavy atom. The van der Waals surface area contributed by atoms with Gasteiger partial charge in [-0.1, -0.05) is 6.92 Å². The van der Waals surface area contributed by atoms with Gasteiger partial charge in [-0.15, -0.1) is 0 Å². The Hall–Kier alpha value is -3.49. The molecule has 1 N–H and O–H groups in total. The van der Waals surface area contributed by atoms with Crippen LogP contribution in [-0.2, 0) is 4.74 Å². The highest BCUT2D eigenvalue weighted by molar-refractivity contribution is 6.04. The fourth-order valence-electron chi connectivity index (χ4n) is 4.16. The van der Waals surface area contributed by atoms with Crippen LogP contribution in [0.2, 0.25) is 0 Å². The first kappa shape index (κ1) is 23.2. The minimum Gasteiger partial charge on any atom is -0.454 e. The molecule has 0 bridgehead atoms. The van der Waals surface area contributed by atoms with Crippen LogP contribution in [-0.4, -0.2) is 47.1 Å². The fraction of sp³-hybridized carbons (Fsp3) is 0.435. The molecule has 170 valence electrons. The van der Waals surface area contributed by atoms with E-state index in [1.807, 2.05) is 4.90 Å². The van der Waals surface area contributed by atoms with Crippen molar-refractivity contribution < 1.29 is 24.0 Å². The molecule has 2 heterocycles. The normalized spacial score (nSPS) is 14.3.